The van der Waals surface area contributed by atoms with Crippen LogP contribution < -0.4 is 0 Å². The largest absolute Gasteiger partial charge is 0.378 e. The van der Waals surface area contributed by atoms with Gasteiger partial charge in [-0.1, -0.05) is 24.4 Å². The number of hydrogen-bond acceptors (Lipinski definition) is 4. The fourth-order valence-electron chi connectivity index (χ4n) is 1.88. The van der Waals surface area contributed by atoms with Crippen LogP contribution in [0.2, 0.25) is 0 Å². The molecule has 0 radical (unpaired) electrons. The molecule has 1 fully saturated rings. The lowest BCUT2D eigenvalue weighted by Crippen LogP contribution is -2.40. The summed E-state index contributed by atoms with van der Waals surface area (Å²) in [5, 5.41) is 10.7. The highest BCUT2D eigenvalue weighted by molar-refractivity contribution is 7.80. The highest BCUT2D eigenvalue weighted by atomic mass is 32.1. The van der Waals surface area contributed by atoms with Crippen LogP contribution in [0.1, 0.15) is 5.56 Å². The Kier molecular flexibility index (Phi) is 4.22. The van der Waals surface area contributed by atoms with E-state index in [0.29, 0.717) is 19.6 Å². The van der Waals surface area contributed by atoms with Crippen molar-refractivity contribution in [2.75, 3.05) is 26.3 Å². The minimum Gasteiger partial charge on any atom is -0.378 e. The minimum atomic E-state index is -0.388. The van der Waals surface area contributed by atoms with Gasteiger partial charge in [0, 0.05) is 31.6 Å². The molecule has 0 aromatic heterocycles. The Balaban J connectivity index is 2.02. The molecule has 0 saturated carbocycles. The summed E-state index contributed by atoms with van der Waals surface area (Å²) in [6.07, 6.45) is 0.566. The molecular weight excluding hydrogens is 252 g/mol. The summed E-state index contributed by atoms with van der Waals surface area (Å²) in [5.41, 5.74) is 0.984. The van der Waals surface area contributed by atoms with Gasteiger partial charge in [0.05, 0.1) is 23.1 Å². The van der Waals surface area contributed by atoms with Crippen molar-refractivity contribution in [1.29, 1.82) is 0 Å². The fourth-order valence-corrected chi connectivity index (χ4v) is 2.23. The predicted octanol–water partition coefficient (Wildman–Crippen LogP) is 1.80. The monoisotopic (exact) mass is 266 g/mol. The van der Waals surface area contributed by atoms with E-state index in [4.69, 9.17) is 17.0 Å². The Morgan fingerprint density at radius 2 is 2.17 bits per heavy atom. The van der Waals surface area contributed by atoms with Gasteiger partial charge in [-0.2, -0.15) is 0 Å². The van der Waals surface area contributed by atoms with Crippen LogP contribution in [0.3, 0.4) is 0 Å². The van der Waals surface area contributed by atoms with E-state index in [-0.39, 0.29) is 10.6 Å². The summed E-state index contributed by atoms with van der Waals surface area (Å²) < 4.78 is 5.26. The molecule has 0 spiro atoms. The number of morpholine rings is 1. The van der Waals surface area contributed by atoms with Crippen molar-refractivity contribution in [2.45, 2.75) is 6.42 Å². The van der Waals surface area contributed by atoms with Crippen LogP contribution in [0.4, 0.5) is 5.69 Å². The van der Waals surface area contributed by atoms with Crippen molar-refractivity contribution in [1.82, 2.24) is 4.90 Å². The summed E-state index contributed by atoms with van der Waals surface area (Å²) in [5.74, 6) is 0. The second-order valence-electron chi connectivity index (χ2n) is 4.10. The third kappa shape index (κ3) is 3.24. The van der Waals surface area contributed by atoms with Crippen molar-refractivity contribution >= 4 is 22.9 Å². The number of ether oxygens (including phenoxy) is 1. The number of nitrogens with zero attached hydrogens (tertiary/aromatic N) is 2. The molecule has 1 aliphatic heterocycles. The Morgan fingerprint density at radius 3 is 2.83 bits per heavy atom. The van der Waals surface area contributed by atoms with Crippen LogP contribution in [0.5, 0.6) is 0 Å². The van der Waals surface area contributed by atoms with E-state index in [1.54, 1.807) is 12.1 Å². The van der Waals surface area contributed by atoms with E-state index in [9.17, 15) is 10.1 Å². The van der Waals surface area contributed by atoms with Crippen LogP contribution in [0.15, 0.2) is 24.3 Å². The molecule has 0 N–H and O–H groups in total. The SMILES string of the molecule is O=[N+]([O-])c1cccc(CC(=S)N2CCOCC2)c1. The average molecular weight is 266 g/mol. The number of hydrogen-bond donors (Lipinski definition) is 0. The summed E-state index contributed by atoms with van der Waals surface area (Å²) in [7, 11) is 0. The van der Waals surface area contributed by atoms with Gasteiger partial charge in [-0.05, 0) is 5.56 Å². The van der Waals surface area contributed by atoms with E-state index in [0.717, 1.165) is 23.6 Å². The number of rotatable bonds is 3. The van der Waals surface area contributed by atoms with Gasteiger partial charge >= 0.3 is 0 Å². The first-order chi connectivity index (χ1) is 8.66. The second kappa shape index (κ2) is 5.88. The van der Waals surface area contributed by atoms with Crippen molar-refractivity contribution < 1.29 is 9.66 Å². The predicted molar refractivity (Wildman–Crippen MR) is 71.8 cm³/mol. The highest BCUT2D eigenvalue weighted by Crippen LogP contribution is 2.15. The first-order valence-electron chi connectivity index (χ1n) is 5.75. The first kappa shape index (κ1) is 12.9. The number of nitro benzene ring substituents is 1. The Bertz CT molecular complexity index is 458. The Morgan fingerprint density at radius 1 is 1.44 bits per heavy atom. The third-order valence-corrected chi connectivity index (χ3v) is 3.24. The normalized spacial score (nSPS) is 15.4. The van der Waals surface area contributed by atoms with Crippen molar-refractivity contribution in [3.8, 4) is 0 Å². The summed E-state index contributed by atoms with van der Waals surface area (Å²) in [6.45, 7) is 2.98. The standard InChI is InChI=1S/C12H14N2O3S/c15-14(16)11-3-1-2-10(8-11)9-12(18)13-4-6-17-7-5-13/h1-3,8H,4-7,9H2. The topological polar surface area (TPSA) is 55.6 Å². The van der Waals surface area contributed by atoms with Crippen LogP contribution >= 0.6 is 12.2 Å². The molecule has 1 aromatic carbocycles. The first-order valence-corrected chi connectivity index (χ1v) is 6.16. The smallest absolute Gasteiger partial charge is 0.269 e. The Labute approximate surface area is 111 Å². The van der Waals surface area contributed by atoms with Crippen LogP contribution in [-0.4, -0.2) is 41.1 Å². The molecule has 1 heterocycles. The molecule has 2 rings (SSSR count). The fraction of sp³-hybridized carbons (Fsp3) is 0.417. The molecule has 6 heteroatoms. The lowest BCUT2D eigenvalue weighted by atomic mass is 10.1. The molecular formula is C12H14N2O3S. The third-order valence-electron chi connectivity index (χ3n) is 2.84. The van der Waals surface area contributed by atoms with Crippen LogP contribution in [0, 0.1) is 10.1 Å². The molecule has 1 aliphatic rings. The molecule has 0 bridgehead atoms. The molecule has 0 unspecified atom stereocenters. The maximum Gasteiger partial charge on any atom is 0.269 e. The molecule has 1 aromatic rings. The molecule has 96 valence electrons. The maximum absolute atomic E-state index is 10.7. The van der Waals surface area contributed by atoms with Gasteiger partial charge in [0.15, 0.2) is 0 Å². The van der Waals surface area contributed by atoms with Gasteiger partial charge < -0.3 is 9.64 Å². The second-order valence-corrected chi connectivity index (χ2v) is 4.57. The van der Waals surface area contributed by atoms with Gasteiger partial charge in [-0.25, -0.2) is 0 Å². The van der Waals surface area contributed by atoms with Crippen molar-refractivity contribution in [3.05, 3.63) is 39.9 Å². The minimum absolute atomic E-state index is 0.109. The van der Waals surface area contributed by atoms with E-state index in [1.165, 1.54) is 6.07 Å². The van der Waals surface area contributed by atoms with Crippen molar-refractivity contribution in [2.24, 2.45) is 0 Å². The molecule has 1 saturated heterocycles. The van der Waals surface area contributed by atoms with Gasteiger partial charge in [0.2, 0.25) is 0 Å². The van der Waals surface area contributed by atoms with Crippen LogP contribution in [-0.2, 0) is 11.2 Å². The van der Waals surface area contributed by atoms with Crippen molar-refractivity contribution in [3.63, 3.8) is 0 Å². The number of nitro groups is 1. The summed E-state index contributed by atoms with van der Waals surface area (Å²) in [4.78, 5) is 13.2. The quantitative estimate of drug-likeness (QED) is 0.474. The molecule has 18 heavy (non-hydrogen) atoms. The van der Waals surface area contributed by atoms with E-state index in [1.807, 2.05) is 6.07 Å². The molecule has 5 nitrogen and oxygen atoms in total. The maximum atomic E-state index is 10.7. The highest BCUT2D eigenvalue weighted by Gasteiger charge is 2.14. The van der Waals surface area contributed by atoms with E-state index < -0.39 is 0 Å². The molecule has 0 aliphatic carbocycles. The zero-order chi connectivity index (χ0) is 13.0. The lowest BCUT2D eigenvalue weighted by molar-refractivity contribution is -0.384. The number of non-ortho nitro benzene ring substituents is 1. The number of thiocarbonyl (C=S) groups is 1. The summed E-state index contributed by atoms with van der Waals surface area (Å²) in [6, 6.07) is 6.61. The lowest BCUT2D eigenvalue weighted by Gasteiger charge is -2.29. The van der Waals surface area contributed by atoms with Gasteiger partial charge in [-0.15, -0.1) is 0 Å². The zero-order valence-electron chi connectivity index (χ0n) is 9.87. The van der Waals surface area contributed by atoms with Gasteiger partial charge in [0.25, 0.3) is 5.69 Å². The average Bonchev–Trinajstić information content (AvgIpc) is 2.40. The zero-order valence-corrected chi connectivity index (χ0v) is 10.7. The summed E-state index contributed by atoms with van der Waals surface area (Å²) >= 11 is 5.37. The van der Waals surface area contributed by atoms with Gasteiger partial charge in [-0.3, -0.25) is 10.1 Å². The Hall–Kier alpha value is -1.53. The van der Waals surface area contributed by atoms with E-state index in [2.05, 4.69) is 4.90 Å². The number of benzene rings is 1. The molecule has 0 amide bonds. The molecule has 0 atom stereocenters. The van der Waals surface area contributed by atoms with E-state index >= 15 is 0 Å². The van der Waals surface area contributed by atoms with Crippen LogP contribution in [0.25, 0.3) is 0 Å². The van der Waals surface area contributed by atoms with Gasteiger partial charge in [0.1, 0.15) is 0 Å².